The number of nitrogens with two attached hydrogens (primary N) is 1. The van der Waals surface area contributed by atoms with Crippen molar-refractivity contribution in [3.8, 4) is 11.8 Å². The Balaban J connectivity index is 2.21. The zero-order valence-electron chi connectivity index (χ0n) is 11.8. The van der Waals surface area contributed by atoms with Crippen LogP contribution in [0.4, 0.5) is 10.1 Å². The van der Waals surface area contributed by atoms with Crippen molar-refractivity contribution in [2.75, 3.05) is 11.9 Å². The molecule has 0 bridgehead atoms. The molecular weight excluding hydrogens is 287 g/mol. The molecule has 5 heteroatoms. The molecule has 2 aromatic rings. The maximum atomic E-state index is 13.6. The van der Waals surface area contributed by atoms with Crippen molar-refractivity contribution in [2.45, 2.75) is 13.8 Å². The van der Waals surface area contributed by atoms with Crippen molar-refractivity contribution in [2.24, 2.45) is 5.73 Å². The fraction of sp³-hybridized carbons (Fsp3) is 0.188. The second kappa shape index (κ2) is 6.53. The fourth-order valence-corrected chi connectivity index (χ4v) is 2.65. The fourth-order valence-electron chi connectivity index (χ4n) is 1.72. The predicted molar refractivity (Wildman–Crippen MR) is 84.1 cm³/mol. The van der Waals surface area contributed by atoms with E-state index >= 15 is 0 Å². The Morgan fingerprint density at radius 2 is 2.14 bits per heavy atom. The van der Waals surface area contributed by atoms with Gasteiger partial charge in [0.05, 0.1) is 17.0 Å². The first-order chi connectivity index (χ1) is 10.0. The van der Waals surface area contributed by atoms with Gasteiger partial charge in [0.25, 0.3) is 5.91 Å². The molecule has 108 valence electrons. The molecule has 1 heterocycles. The molecule has 0 spiro atoms. The second-order valence-corrected chi connectivity index (χ2v) is 5.76. The third-order valence-corrected chi connectivity index (χ3v) is 4.09. The minimum atomic E-state index is -0.434. The van der Waals surface area contributed by atoms with Crippen molar-refractivity contribution in [1.82, 2.24) is 0 Å². The molecule has 0 unspecified atom stereocenters. The number of thiophene rings is 1. The van der Waals surface area contributed by atoms with Gasteiger partial charge in [-0.25, -0.2) is 4.39 Å². The Hall–Kier alpha value is -2.16. The summed E-state index contributed by atoms with van der Waals surface area (Å²) in [5.41, 5.74) is 7.08. The first kappa shape index (κ1) is 15.2. The monoisotopic (exact) mass is 302 g/mol. The van der Waals surface area contributed by atoms with E-state index in [9.17, 15) is 9.18 Å². The Morgan fingerprint density at radius 3 is 2.76 bits per heavy atom. The molecule has 0 atom stereocenters. The van der Waals surface area contributed by atoms with E-state index in [1.54, 1.807) is 0 Å². The van der Waals surface area contributed by atoms with Crippen LogP contribution in [0, 0.1) is 31.5 Å². The normalized spacial score (nSPS) is 9.90. The molecule has 1 aromatic carbocycles. The molecule has 0 aliphatic rings. The van der Waals surface area contributed by atoms with Gasteiger partial charge in [0, 0.05) is 10.6 Å². The molecule has 3 N–H and O–H groups in total. The van der Waals surface area contributed by atoms with Crippen LogP contribution < -0.4 is 11.1 Å². The summed E-state index contributed by atoms with van der Waals surface area (Å²) in [5.74, 6) is 4.59. The van der Waals surface area contributed by atoms with Crippen LogP contribution in [0.2, 0.25) is 0 Å². The number of hydrogen-bond acceptors (Lipinski definition) is 3. The van der Waals surface area contributed by atoms with Gasteiger partial charge in [-0.1, -0.05) is 11.8 Å². The first-order valence-electron chi connectivity index (χ1n) is 6.38. The van der Waals surface area contributed by atoms with Gasteiger partial charge in [-0.3, -0.25) is 4.79 Å². The summed E-state index contributed by atoms with van der Waals surface area (Å²) in [6.07, 6.45) is 0. The summed E-state index contributed by atoms with van der Waals surface area (Å²) >= 11 is 1.43. The summed E-state index contributed by atoms with van der Waals surface area (Å²) in [6.45, 7) is 4.08. The van der Waals surface area contributed by atoms with Crippen LogP contribution in [0.15, 0.2) is 24.3 Å². The lowest BCUT2D eigenvalue weighted by molar-refractivity contribution is 0.103. The molecule has 0 saturated heterocycles. The molecule has 1 aromatic heterocycles. The average molecular weight is 302 g/mol. The zero-order chi connectivity index (χ0) is 15.4. The summed E-state index contributed by atoms with van der Waals surface area (Å²) in [7, 11) is 0. The van der Waals surface area contributed by atoms with E-state index in [2.05, 4.69) is 17.2 Å². The number of anilines is 1. The largest absolute Gasteiger partial charge is 0.321 e. The summed E-state index contributed by atoms with van der Waals surface area (Å²) in [6, 6.07) is 6.13. The van der Waals surface area contributed by atoms with E-state index in [0.717, 1.165) is 10.4 Å². The molecule has 21 heavy (non-hydrogen) atoms. The van der Waals surface area contributed by atoms with E-state index < -0.39 is 5.82 Å². The van der Waals surface area contributed by atoms with Crippen LogP contribution >= 0.6 is 11.3 Å². The molecule has 0 radical (unpaired) electrons. The minimum Gasteiger partial charge on any atom is -0.321 e. The van der Waals surface area contributed by atoms with Crippen LogP contribution in [0.25, 0.3) is 0 Å². The van der Waals surface area contributed by atoms with Crippen LogP contribution in [0.1, 0.15) is 25.7 Å². The summed E-state index contributed by atoms with van der Waals surface area (Å²) in [5, 5.41) is 2.75. The highest BCUT2D eigenvalue weighted by Crippen LogP contribution is 2.22. The number of carbonyl (C=O) groups is 1. The number of benzene rings is 1. The predicted octanol–water partition coefficient (Wildman–Crippen LogP) is 3.07. The molecule has 2 rings (SSSR count). The SMILES string of the molecule is Cc1cc(C(=O)Nc2ccc(F)c(C#CCN)c2)sc1C. The number of rotatable bonds is 2. The van der Waals surface area contributed by atoms with E-state index in [-0.39, 0.29) is 18.0 Å². The van der Waals surface area contributed by atoms with Gasteiger partial charge in [0.2, 0.25) is 0 Å². The molecule has 3 nitrogen and oxygen atoms in total. The van der Waals surface area contributed by atoms with E-state index in [1.165, 1.54) is 29.5 Å². The molecule has 1 amide bonds. The third kappa shape index (κ3) is 3.69. The number of nitrogens with one attached hydrogen (secondary N) is 1. The highest BCUT2D eigenvalue weighted by Gasteiger charge is 2.11. The molecular formula is C16H15FN2OS. The van der Waals surface area contributed by atoms with Gasteiger partial charge in [-0.05, 0) is 43.7 Å². The second-order valence-electron chi connectivity index (χ2n) is 4.50. The lowest BCUT2D eigenvalue weighted by Crippen LogP contribution is -2.10. The number of carbonyl (C=O) groups excluding carboxylic acids is 1. The number of halogens is 1. The quantitative estimate of drug-likeness (QED) is 0.838. The molecule has 0 aliphatic heterocycles. The van der Waals surface area contributed by atoms with Crippen molar-refractivity contribution in [3.63, 3.8) is 0 Å². The van der Waals surface area contributed by atoms with Crippen LogP contribution in [0.5, 0.6) is 0 Å². The van der Waals surface area contributed by atoms with Crippen molar-refractivity contribution in [1.29, 1.82) is 0 Å². The Kier molecular flexibility index (Phi) is 4.73. The number of amides is 1. The maximum Gasteiger partial charge on any atom is 0.265 e. The number of aryl methyl sites for hydroxylation is 2. The van der Waals surface area contributed by atoms with Gasteiger partial charge in [-0.2, -0.15) is 0 Å². The molecule has 0 saturated carbocycles. The standard InChI is InChI=1S/C16H15FN2OS/c1-10-8-15(21-11(10)2)16(20)19-13-5-6-14(17)12(9-13)4-3-7-18/h5-6,8-9H,7,18H2,1-2H3,(H,19,20). The van der Waals surface area contributed by atoms with Crippen molar-refractivity contribution in [3.05, 3.63) is 51.0 Å². The van der Waals surface area contributed by atoms with E-state index in [1.807, 2.05) is 19.9 Å². The summed E-state index contributed by atoms with van der Waals surface area (Å²) < 4.78 is 13.6. The van der Waals surface area contributed by atoms with Crippen LogP contribution in [0.3, 0.4) is 0 Å². The lowest BCUT2D eigenvalue weighted by Gasteiger charge is -2.04. The Morgan fingerprint density at radius 1 is 1.38 bits per heavy atom. The average Bonchev–Trinajstić information content (AvgIpc) is 2.79. The highest BCUT2D eigenvalue weighted by atomic mass is 32.1. The first-order valence-corrected chi connectivity index (χ1v) is 7.20. The Labute approximate surface area is 127 Å². The van der Waals surface area contributed by atoms with Crippen LogP contribution in [-0.4, -0.2) is 12.5 Å². The van der Waals surface area contributed by atoms with Gasteiger partial charge in [0.15, 0.2) is 0 Å². The van der Waals surface area contributed by atoms with Crippen LogP contribution in [-0.2, 0) is 0 Å². The van der Waals surface area contributed by atoms with E-state index in [4.69, 9.17) is 5.73 Å². The van der Waals surface area contributed by atoms with Gasteiger partial charge >= 0.3 is 0 Å². The van der Waals surface area contributed by atoms with E-state index in [0.29, 0.717) is 10.6 Å². The molecule has 0 fully saturated rings. The molecule has 0 aliphatic carbocycles. The van der Waals surface area contributed by atoms with Gasteiger partial charge in [-0.15, -0.1) is 11.3 Å². The summed E-state index contributed by atoms with van der Waals surface area (Å²) in [4.78, 5) is 13.9. The van der Waals surface area contributed by atoms with Gasteiger partial charge in [0.1, 0.15) is 5.82 Å². The highest BCUT2D eigenvalue weighted by molar-refractivity contribution is 7.14. The smallest absolute Gasteiger partial charge is 0.265 e. The zero-order valence-corrected chi connectivity index (χ0v) is 12.6. The Bertz CT molecular complexity index is 721. The van der Waals surface area contributed by atoms with Crippen molar-refractivity contribution >= 4 is 22.9 Å². The van der Waals surface area contributed by atoms with Crippen molar-refractivity contribution < 1.29 is 9.18 Å². The van der Waals surface area contributed by atoms with Gasteiger partial charge < -0.3 is 11.1 Å². The third-order valence-electron chi connectivity index (χ3n) is 2.94. The topological polar surface area (TPSA) is 55.1 Å². The number of hydrogen-bond donors (Lipinski definition) is 2. The lowest BCUT2D eigenvalue weighted by atomic mass is 10.2. The minimum absolute atomic E-state index is 0.157. The maximum absolute atomic E-state index is 13.6.